The van der Waals surface area contributed by atoms with Gasteiger partial charge in [-0.3, -0.25) is 14.4 Å². The molecule has 4 rings (SSSR count). The van der Waals surface area contributed by atoms with E-state index in [1.807, 2.05) is 0 Å². The van der Waals surface area contributed by atoms with Crippen molar-refractivity contribution < 1.29 is 19.1 Å². The summed E-state index contributed by atoms with van der Waals surface area (Å²) in [6.07, 6.45) is 3.53. The van der Waals surface area contributed by atoms with Gasteiger partial charge < -0.3 is 20.4 Å². The van der Waals surface area contributed by atoms with Crippen molar-refractivity contribution in [2.45, 2.75) is 44.6 Å². The second-order valence-corrected chi connectivity index (χ2v) is 9.18. The van der Waals surface area contributed by atoms with E-state index in [1.54, 1.807) is 12.1 Å². The Kier molecular flexibility index (Phi) is 6.84. The number of benzene rings is 1. The minimum absolute atomic E-state index is 0.0275. The highest BCUT2D eigenvalue weighted by molar-refractivity contribution is 6.33. The summed E-state index contributed by atoms with van der Waals surface area (Å²) in [5.74, 6) is -0.652. The van der Waals surface area contributed by atoms with Gasteiger partial charge in [0.15, 0.2) is 17.4 Å². The van der Waals surface area contributed by atoms with Crippen LogP contribution in [-0.2, 0) is 9.59 Å². The Morgan fingerprint density at radius 3 is 2.76 bits per heavy atom. The number of ketones is 1. The molecule has 1 saturated carbocycles. The number of carbonyl (C=O) groups excluding carboxylic acids is 3. The standard InChI is InChI=1S/C23H26ClN5O4/c1-33-20-16(24)4-5-17-19(20)29-21(28-17)18(30)10-14(8-12-2-3-12)23(32)27-15(11-25)9-13-6-7-26-22(13)31/h4-5,12-15H,2-3,6-10H2,1H3,(H,26,31)(H,27,32)(H,28,29)/t13-,14+,15-/m0/s1. The Bertz CT molecular complexity index is 1120. The van der Waals surface area contributed by atoms with Crippen LogP contribution >= 0.6 is 11.6 Å². The van der Waals surface area contributed by atoms with Crippen LogP contribution in [0.5, 0.6) is 5.75 Å². The van der Waals surface area contributed by atoms with Gasteiger partial charge in [0.25, 0.3) is 0 Å². The molecular weight excluding hydrogens is 446 g/mol. The van der Waals surface area contributed by atoms with E-state index in [0.717, 1.165) is 12.8 Å². The van der Waals surface area contributed by atoms with Crippen molar-refractivity contribution in [2.75, 3.05) is 13.7 Å². The molecule has 33 heavy (non-hydrogen) atoms. The van der Waals surface area contributed by atoms with Crippen LogP contribution in [0.1, 0.15) is 49.1 Å². The van der Waals surface area contributed by atoms with Crippen LogP contribution in [0.15, 0.2) is 12.1 Å². The summed E-state index contributed by atoms with van der Waals surface area (Å²) in [4.78, 5) is 45.2. The van der Waals surface area contributed by atoms with E-state index >= 15 is 0 Å². The number of methoxy groups -OCH3 is 1. The predicted octanol–water partition coefficient (Wildman–Crippen LogP) is 2.75. The Morgan fingerprint density at radius 2 is 2.12 bits per heavy atom. The first-order valence-electron chi connectivity index (χ1n) is 11.1. The molecule has 10 heteroatoms. The number of imidazole rings is 1. The number of nitrogens with zero attached hydrogens (tertiary/aromatic N) is 2. The fourth-order valence-corrected chi connectivity index (χ4v) is 4.53. The number of Topliss-reactive ketones (excluding diaryl/α,β-unsaturated/α-hetero) is 1. The summed E-state index contributed by atoms with van der Waals surface area (Å²) < 4.78 is 5.30. The van der Waals surface area contributed by atoms with Crippen LogP contribution in [-0.4, -0.2) is 47.3 Å². The van der Waals surface area contributed by atoms with E-state index in [2.05, 4.69) is 26.7 Å². The Balaban J connectivity index is 1.46. The highest BCUT2D eigenvalue weighted by Gasteiger charge is 2.34. The molecule has 1 aliphatic carbocycles. The van der Waals surface area contributed by atoms with Gasteiger partial charge in [-0.1, -0.05) is 24.4 Å². The molecular formula is C23H26ClN5O4. The number of H-pyrrole nitrogens is 1. The molecule has 2 heterocycles. The summed E-state index contributed by atoms with van der Waals surface area (Å²) in [6, 6.07) is 4.68. The number of halogens is 1. The van der Waals surface area contributed by atoms with Crippen LogP contribution in [0.4, 0.5) is 0 Å². The maximum atomic E-state index is 13.0. The molecule has 2 amide bonds. The largest absolute Gasteiger partial charge is 0.493 e. The van der Waals surface area contributed by atoms with Gasteiger partial charge in [-0.05, 0) is 37.3 Å². The lowest BCUT2D eigenvalue weighted by atomic mass is 9.93. The lowest BCUT2D eigenvalue weighted by Gasteiger charge is -2.19. The first kappa shape index (κ1) is 23.1. The van der Waals surface area contributed by atoms with Crippen molar-refractivity contribution >= 4 is 40.2 Å². The maximum absolute atomic E-state index is 13.0. The summed E-state index contributed by atoms with van der Waals surface area (Å²) in [6.45, 7) is 0.585. The lowest BCUT2D eigenvalue weighted by Crippen LogP contribution is -2.40. The van der Waals surface area contributed by atoms with E-state index in [1.165, 1.54) is 7.11 Å². The van der Waals surface area contributed by atoms with Crippen molar-refractivity contribution in [3.8, 4) is 11.8 Å². The summed E-state index contributed by atoms with van der Waals surface area (Å²) >= 11 is 6.15. The fraction of sp³-hybridized carbons (Fsp3) is 0.522. The van der Waals surface area contributed by atoms with E-state index in [4.69, 9.17) is 16.3 Å². The van der Waals surface area contributed by atoms with Gasteiger partial charge in [0.2, 0.25) is 11.8 Å². The molecule has 3 N–H and O–H groups in total. The van der Waals surface area contributed by atoms with Gasteiger partial charge in [0, 0.05) is 24.8 Å². The third-order valence-corrected chi connectivity index (χ3v) is 6.60. The van der Waals surface area contributed by atoms with E-state index in [0.29, 0.717) is 47.1 Å². The molecule has 174 valence electrons. The highest BCUT2D eigenvalue weighted by atomic mass is 35.5. The molecule has 2 fully saturated rings. The average Bonchev–Trinajstić information content (AvgIpc) is 3.36. The minimum atomic E-state index is -0.777. The van der Waals surface area contributed by atoms with Crippen molar-refractivity contribution in [1.29, 1.82) is 5.26 Å². The van der Waals surface area contributed by atoms with Crippen molar-refractivity contribution in [3.63, 3.8) is 0 Å². The van der Waals surface area contributed by atoms with Gasteiger partial charge in [0.05, 0.1) is 23.7 Å². The van der Waals surface area contributed by atoms with E-state index < -0.39 is 12.0 Å². The molecule has 1 aromatic heterocycles. The summed E-state index contributed by atoms with van der Waals surface area (Å²) in [7, 11) is 1.48. The third-order valence-electron chi connectivity index (χ3n) is 6.30. The van der Waals surface area contributed by atoms with Crippen molar-refractivity contribution in [2.24, 2.45) is 17.8 Å². The molecule has 3 atom stereocenters. The first-order chi connectivity index (χ1) is 15.9. The van der Waals surface area contributed by atoms with Crippen molar-refractivity contribution in [3.05, 3.63) is 23.0 Å². The number of carbonyl (C=O) groups is 3. The number of aromatic nitrogens is 2. The molecule has 0 unspecified atom stereocenters. The number of nitriles is 1. The number of nitrogens with one attached hydrogen (secondary N) is 3. The normalized spacial score (nSPS) is 19.5. The number of rotatable bonds is 10. The zero-order chi connectivity index (χ0) is 23.5. The molecule has 9 nitrogen and oxygen atoms in total. The monoisotopic (exact) mass is 471 g/mol. The van der Waals surface area contributed by atoms with Gasteiger partial charge >= 0.3 is 0 Å². The quantitative estimate of drug-likeness (QED) is 0.455. The van der Waals surface area contributed by atoms with Crippen LogP contribution < -0.4 is 15.4 Å². The van der Waals surface area contributed by atoms with Crippen LogP contribution in [0.3, 0.4) is 0 Å². The number of ether oxygens (including phenoxy) is 1. The zero-order valence-corrected chi connectivity index (χ0v) is 19.1. The van der Waals surface area contributed by atoms with E-state index in [-0.39, 0.29) is 42.2 Å². The van der Waals surface area contributed by atoms with E-state index in [9.17, 15) is 19.6 Å². The molecule has 1 saturated heterocycles. The van der Waals surface area contributed by atoms with Crippen LogP contribution in [0.2, 0.25) is 5.02 Å². The van der Waals surface area contributed by atoms with Crippen LogP contribution in [0.25, 0.3) is 11.0 Å². The Hall–Kier alpha value is -3.12. The molecule has 0 bridgehead atoms. The number of amides is 2. The number of aromatic amines is 1. The SMILES string of the molecule is COc1c(Cl)ccc2[nH]c(C(=O)C[C@@H](CC3CC3)C(=O)N[C@H](C#N)C[C@@H]3CCNC3=O)nc12. The molecule has 0 radical (unpaired) electrons. The smallest absolute Gasteiger partial charge is 0.224 e. The third kappa shape index (κ3) is 5.28. The second-order valence-electron chi connectivity index (χ2n) is 8.77. The Labute approximate surface area is 196 Å². The highest BCUT2D eigenvalue weighted by Crippen LogP contribution is 2.37. The van der Waals surface area contributed by atoms with Crippen molar-refractivity contribution in [1.82, 2.24) is 20.6 Å². The molecule has 2 aromatic rings. The fourth-order valence-electron chi connectivity index (χ4n) is 4.30. The summed E-state index contributed by atoms with van der Waals surface area (Å²) in [5.41, 5.74) is 1.07. The minimum Gasteiger partial charge on any atom is -0.493 e. The maximum Gasteiger partial charge on any atom is 0.224 e. The average molecular weight is 472 g/mol. The second kappa shape index (κ2) is 9.79. The number of hydrogen-bond acceptors (Lipinski definition) is 6. The van der Waals surface area contributed by atoms with Gasteiger partial charge in [0.1, 0.15) is 11.6 Å². The molecule has 1 aliphatic heterocycles. The lowest BCUT2D eigenvalue weighted by molar-refractivity contribution is -0.127. The molecule has 1 aromatic carbocycles. The van der Waals surface area contributed by atoms with Gasteiger partial charge in [-0.2, -0.15) is 5.26 Å². The molecule has 2 aliphatic rings. The number of fused-ring (bicyclic) bond motifs is 1. The summed E-state index contributed by atoms with van der Waals surface area (Å²) in [5, 5.41) is 15.4. The predicted molar refractivity (Wildman–Crippen MR) is 121 cm³/mol. The number of hydrogen-bond donors (Lipinski definition) is 3. The Morgan fingerprint density at radius 1 is 1.33 bits per heavy atom. The van der Waals surface area contributed by atoms with Crippen LogP contribution in [0, 0.1) is 29.1 Å². The zero-order valence-electron chi connectivity index (χ0n) is 18.3. The van der Waals surface area contributed by atoms with Gasteiger partial charge in [-0.15, -0.1) is 0 Å². The van der Waals surface area contributed by atoms with Gasteiger partial charge in [-0.25, -0.2) is 4.98 Å². The topological polar surface area (TPSA) is 137 Å². The molecule has 0 spiro atoms. The first-order valence-corrected chi connectivity index (χ1v) is 11.5.